The van der Waals surface area contributed by atoms with E-state index in [4.69, 9.17) is 4.74 Å². The van der Waals surface area contributed by atoms with Gasteiger partial charge in [-0.25, -0.2) is 13.1 Å². The average Bonchev–Trinajstić information content (AvgIpc) is 3.24. The molecule has 30 heavy (non-hydrogen) atoms. The first-order valence-corrected chi connectivity index (χ1v) is 12.5. The Bertz CT molecular complexity index is 835. The first kappa shape index (κ1) is 23.0. The van der Waals surface area contributed by atoms with Gasteiger partial charge in [-0.3, -0.25) is 4.79 Å². The van der Waals surface area contributed by atoms with Crippen LogP contribution in [0.1, 0.15) is 62.7 Å². The highest BCUT2D eigenvalue weighted by atomic mass is 32.2. The number of amides is 1. The van der Waals surface area contributed by atoms with Gasteiger partial charge in [-0.15, -0.1) is 0 Å². The van der Waals surface area contributed by atoms with E-state index in [0.29, 0.717) is 24.1 Å². The summed E-state index contributed by atoms with van der Waals surface area (Å²) in [5.41, 5.74) is 0.333. The van der Waals surface area contributed by atoms with Crippen molar-refractivity contribution >= 4 is 15.9 Å². The molecule has 7 nitrogen and oxygen atoms in total. The Labute approximate surface area is 180 Å². The van der Waals surface area contributed by atoms with E-state index < -0.39 is 10.0 Å². The molecule has 1 saturated heterocycles. The molecule has 0 bridgehead atoms. The van der Waals surface area contributed by atoms with E-state index in [1.807, 2.05) is 0 Å². The highest BCUT2D eigenvalue weighted by Crippen LogP contribution is 2.27. The second kappa shape index (κ2) is 10.1. The topological polar surface area (TPSA) is 87.7 Å². The molecule has 0 radical (unpaired) electrons. The zero-order chi connectivity index (χ0) is 21.7. The lowest BCUT2D eigenvalue weighted by molar-refractivity contribution is 0.0922. The van der Waals surface area contributed by atoms with Crippen molar-refractivity contribution < 1.29 is 17.9 Å². The van der Waals surface area contributed by atoms with Gasteiger partial charge in [0.2, 0.25) is 10.0 Å². The Morgan fingerprint density at radius 3 is 2.60 bits per heavy atom. The van der Waals surface area contributed by atoms with Crippen molar-refractivity contribution in [3.63, 3.8) is 0 Å². The molecule has 3 rings (SSSR count). The van der Waals surface area contributed by atoms with Crippen LogP contribution in [0, 0.1) is 5.92 Å². The third-order valence-electron chi connectivity index (χ3n) is 6.22. The van der Waals surface area contributed by atoms with Crippen LogP contribution in [0.5, 0.6) is 5.75 Å². The number of hydrogen-bond acceptors (Lipinski definition) is 5. The Kier molecular flexibility index (Phi) is 7.76. The smallest absolute Gasteiger partial charge is 0.251 e. The Morgan fingerprint density at radius 1 is 1.20 bits per heavy atom. The number of benzene rings is 1. The molecule has 0 aromatic heterocycles. The van der Waals surface area contributed by atoms with Crippen LogP contribution >= 0.6 is 0 Å². The highest BCUT2D eigenvalue weighted by molar-refractivity contribution is 7.89. The summed E-state index contributed by atoms with van der Waals surface area (Å²) in [4.78, 5) is 15.2. The number of hydrogen-bond donors (Lipinski definition) is 2. The van der Waals surface area contributed by atoms with Crippen LogP contribution in [-0.2, 0) is 10.0 Å². The van der Waals surface area contributed by atoms with Crippen LogP contribution in [0.4, 0.5) is 0 Å². The molecule has 1 aliphatic heterocycles. The largest absolute Gasteiger partial charge is 0.495 e. The van der Waals surface area contributed by atoms with E-state index in [0.717, 1.165) is 51.6 Å². The molecule has 1 aliphatic carbocycles. The Morgan fingerprint density at radius 2 is 1.93 bits per heavy atom. The summed E-state index contributed by atoms with van der Waals surface area (Å²) < 4.78 is 33.9. The Hall–Kier alpha value is -1.64. The van der Waals surface area contributed by atoms with Crippen LogP contribution < -0.4 is 14.8 Å². The molecule has 1 aromatic rings. The number of methoxy groups -OCH3 is 1. The molecule has 168 valence electrons. The lowest BCUT2D eigenvalue weighted by atomic mass is 9.97. The number of piperidine rings is 1. The molecule has 1 heterocycles. The third kappa shape index (κ3) is 5.74. The van der Waals surface area contributed by atoms with Gasteiger partial charge >= 0.3 is 0 Å². The van der Waals surface area contributed by atoms with Crippen molar-refractivity contribution in [3.8, 4) is 5.75 Å². The van der Waals surface area contributed by atoms with E-state index in [-0.39, 0.29) is 22.6 Å². The number of carbonyl (C=O) groups excluding carboxylic acids is 1. The second-order valence-electron chi connectivity index (χ2n) is 8.78. The minimum absolute atomic E-state index is 0.0215. The fraction of sp³-hybridized carbons (Fsp3) is 0.682. The van der Waals surface area contributed by atoms with E-state index in [1.54, 1.807) is 12.1 Å². The number of nitrogens with zero attached hydrogens (tertiary/aromatic N) is 1. The maximum Gasteiger partial charge on any atom is 0.251 e. The molecular weight excluding hydrogens is 402 g/mol. The zero-order valence-corrected chi connectivity index (χ0v) is 19.1. The van der Waals surface area contributed by atoms with Gasteiger partial charge < -0.3 is 15.0 Å². The van der Waals surface area contributed by atoms with Gasteiger partial charge in [0.25, 0.3) is 5.91 Å². The number of nitrogens with one attached hydrogen (secondary N) is 2. The quantitative estimate of drug-likeness (QED) is 0.653. The fourth-order valence-corrected chi connectivity index (χ4v) is 5.93. The van der Waals surface area contributed by atoms with Crippen molar-refractivity contribution in [2.75, 3.05) is 26.7 Å². The van der Waals surface area contributed by atoms with Gasteiger partial charge in [-0.1, -0.05) is 12.8 Å². The van der Waals surface area contributed by atoms with Crippen molar-refractivity contribution in [3.05, 3.63) is 23.8 Å². The molecule has 2 N–H and O–H groups in total. The van der Waals surface area contributed by atoms with E-state index in [2.05, 4.69) is 28.8 Å². The summed E-state index contributed by atoms with van der Waals surface area (Å²) in [5.74, 6) is 0.407. The summed E-state index contributed by atoms with van der Waals surface area (Å²) in [7, 11) is -2.32. The normalized spacial score (nSPS) is 21.1. The third-order valence-corrected chi connectivity index (χ3v) is 7.77. The van der Waals surface area contributed by atoms with Gasteiger partial charge in [0, 0.05) is 30.7 Å². The molecule has 1 saturated carbocycles. The van der Waals surface area contributed by atoms with Crippen molar-refractivity contribution in [2.24, 2.45) is 5.92 Å². The van der Waals surface area contributed by atoms with E-state index in [1.165, 1.54) is 13.2 Å². The van der Waals surface area contributed by atoms with Crippen LogP contribution in [0.3, 0.4) is 0 Å². The van der Waals surface area contributed by atoms with Gasteiger partial charge in [0.15, 0.2) is 0 Å². The number of ether oxygens (including phenoxy) is 1. The first-order chi connectivity index (χ1) is 14.3. The van der Waals surface area contributed by atoms with Crippen molar-refractivity contribution in [1.82, 2.24) is 14.9 Å². The van der Waals surface area contributed by atoms with Crippen LogP contribution in [0.2, 0.25) is 0 Å². The summed E-state index contributed by atoms with van der Waals surface area (Å²) >= 11 is 0. The summed E-state index contributed by atoms with van der Waals surface area (Å²) in [6.07, 6.45) is 5.98. The SMILES string of the molecule is COc1ccc(C(=O)NCC2CCCN(C(C)C)C2)cc1S(=O)(=O)NC1CCCC1. The van der Waals surface area contributed by atoms with Gasteiger partial charge in [-0.05, 0) is 70.2 Å². The monoisotopic (exact) mass is 437 g/mol. The standard InChI is InChI=1S/C22H35N3O4S/c1-16(2)25-12-6-7-17(15-25)14-23-22(26)18-10-11-20(29-3)21(13-18)30(27,28)24-19-8-4-5-9-19/h10-11,13,16-17,19,24H,4-9,12,14-15H2,1-3H3,(H,23,26). The highest BCUT2D eigenvalue weighted by Gasteiger charge is 2.27. The van der Waals surface area contributed by atoms with Crippen LogP contribution in [-0.4, -0.2) is 58.1 Å². The Balaban J connectivity index is 1.68. The zero-order valence-electron chi connectivity index (χ0n) is 18.3. The van der Waals surface area contributed by atoms with E-state index in [9.17, 15) is 13.2 Å². The molecule has 1 aromatic carbocycles. The van der Waals surface area contributed by atoms with Crippen LogP contribution in [0.25, 0.3) is 0 Å². The maximum absolute atomic E-state index is 12.9. The van der Waals surface area contributed by atoms with Crippen molar-refractivity contribution in [1.29, 1.82) is 0 Å². The number of carbonyl (C=O) groups is 1. The summed E-state index contributed by atoms with van der Waals surface area (Å²) in [5, 5.41) is 3.00. The second-order valence-corrected chi connectivity index (χ2v) is 10.5. The van der Waals surface area contributed by atoms with Gasteiger partial charge in [0.05, 0.1) is 7.11 Å². The average molecular weight is 438 g/mol. The molecule has 1 amide bonds. The molecule has 1 unspecified atom stereocenters. The summed E-state index contributed by atoms with van der Waals surface area (Å²) in [6.45, 7) is 7.07. The lowest BCUT2D eigenvalue weighted by Crippen LogP contribution is -2.43. The maximum atomic E-state index is 12.9. The summed E-state index contributed by atoms with van der Waals surface area (Å²) in [6, 6.07) is 5.05. The minimum Gasteiger partial charge on any atom is -0.495 e. The first-order valence-electron chi connectivity index (χ1n) is 11.0. The number of rotatable bonds is 8. The molecular formula is C22H35N3O4S. The van der Waals surface area contributed by atoms with Gasteiger partial charge in [-0.2, -0.15) is 0 Å². The molecule has 2 fully saturated rings. The minimum atomic E-state index is -3.76. The predicted octanol–water partition coefficient (Wildman–Crippen LogP) is 2.77. The van der Waals surface area contributed by atoms with Crippen LogP contribution in [0.15, 0.2) is 23.1 Å². The van der Waals surface area contributed by atoms with E-state index >= 15 is 0 Å². The fourth-order valence-electron chi connectivity index (χ4n) is 4.43. The molecule has 0 spiro atoms. The molecule has 2 aliphatic rings. The number of sulfonamides is 1. The predicted molar refractivity (Wildman–Crippen MR) is 117 cm³/mol. The van der Waals surface area contributed by atoms with Gasteiger partial charge in [0.1, 0.15) is 10.6 Å². The lowest BCUT2D eigenvalue weighted by Gasteiger charge is -2.35. The molecule has 1 atom stereocenters. The van der Waals surface area contributed by atoms with Crippen molar-refractivity contribution in [2.45, 2.75) is 69.4 Å². The number of likely N-dealkylation sites (tertiary alicyclic amines) is 1. The molecule has 8 heteroatoms.